The summed E-state index contributed by atoms with van der Waals surface area (Å²) >= 11 is 7.12. The van der Waals surface area contributed by atoms with Gasteiger partial charge in [-0.2, -0.15) is 24.9 Å². The van der Waals surface area contributed by atoms with Gasteiger partial charge in [-0.3, -0.25) is 0 Å². The molecule has 5 heteroatoms. The first-order valence-electron chi connectivity index (χ1n) is 4.27. The maximum Gasteiger partial charge on any atom is 0.389 e. The van der Waals surface area contributed by atoms with Crippen molar-refractivity contribution in [1.82, 2.24) is 0 Å². The van der Waals surface area contributed by atoms with E-state index in [1.165, 1.54) is 0 Å². The van der Waals surface area contributed by atoms with E-state index < -0.39 is 12.6 Å². The van der Waals surface area contributed by atoms with Crippen LogP contribution in [0.5, 0.6) is 0 Å². The van der Waals surface area contributed by atoms with E-state index in [1.807, 2.05) is 0 Å². The minimum atomic E-state index is -3.99. The van der Waals surface area contributed by atoms with Gasteiger partial charge in [0.05, 0.1) is 0 Å². The van der Waals surface area contributed by atoms with E-state index in [2.05, 4.69) is 0 Å². The van der Waals surface area contributed by atoms with Crippen molar-refractivity contribution < 1.29 is 13.2 Å². The lowest BCUT2D eigenvalue weighted by atomic mass is 10.2. The molecule has 0 nitrogen and oxygen atoms in total. The van der Waals surface area contributed by atoms with E-state index in [4.69, 9.17) is 11.6 Å². The zero-order valence-corrected chi connectivity index (χ0v) is 8.94. The van der Waals surface area contributed by atoms with E-state index in [9.17, 15) is 13.2 Å². The second-order valence-electron chi connectivity index (χ2n) is 2.73. The van der Waals surface area contributed by atoms with Crippen LogP contribution in [0.25, 0.3) is 0 Å². The Balaban J connectivity index is 3.00. The number of hydrogen-bond donors (Lipinski definition) is 0. The summed E-state index contributed by atoms with van der Waals surface area (Å²) in [5, 5.41) is 0. The fourth-order valence-electron chi connectivity index (χ4n) is 0.788. The topological polar surface area (TPSA) is 0 Å². The van der Waals surface area contributed by atoms with Crippen LogP contribution in [-0.4, -0.2) is 23.6 Å². The Morgan fingerprint density at radius 2 is 1.62 bits per heavy atom. The van der Waals surface area contributed by atoms with Crippen LogP contribution in [0.3, 0.4) is 0 Å². The molecule has 0 fully saturated rings. The Kier molecular flexibility index (Phi) is 8.06. The van der Waals surface area contributed by atoms with Crippen LogP contribution < -0.4 is 0 Å². The van der Waals surface area contributed by atoms with Crippen molar-refractivity contribution in [3.8, 4) is 0 Å². The molecule has 0 aliphatic heterocycles. The molecule has 80 valence electrons. The molecule has 0 heterocycles. The van der Waals surface area contributed by atoms with Crippen LogP contribution in [0, 0.1) is 0 Å². The van der Waals surface area contributed by atoms with Crippen LogP contribution in [0.2, 0.25) is 0 Å². The highest BCUT2D eigenvalue weighted by atomic mass is 35.5. The van der Waals surface area contributed by atoms with E-state index in [0.29, 0.717) is 12.3 Å². The molecular weight excluding hydrogens is 221 g/mol. The van der Waals surface area contributed by atoms with Gasteiger partial charge < -0.3 is 0 Å². The molecule has 0 spiro atoms. The van der Waals surface area contributed by atoms with E-state index >= 15 is 0 Å². The molecule has 0 saturated heterocycles. The quantitative estimate of drug-likeness (QED) is 0.473. The first-order valence-corrected chi connectivity index (χ1v) is 5.95. The summed E-state index contributed by atoms with van der Waals surface area (Å²) in [6.07, 6.45) is -2.81. The van der Waals surface area contributed by atoms with E-state index in [0.717, 1.165) is 17.9 Å². The number of hydrogen-bond acceptors (Lipinski definition) is 1. The fraction of sp³-hybridized carbons (Fsp3) is 1.00. The van der Waals surface area contributed by atoms with Gasteiger partial charge in [0.1, 0.15) is 0 Å². The molecule has 0 N–H and O–H groups in total. The molecule has 0 aromatic carbocycles. The Bertz CT molecular complexity index is 116. The molecule has 0 unspecified atom stereocenters. The summed E-state index contributed by atoms with van der Waals surface area (Å²) in [4.78, 5) is 0. The zero-order valence-electron chi connectivity index (χ0n) is 7.37. The highest BCUT2D eigenvalue weighted by molar-refractivity contribution is 7.99. The largest absolute Gasteiger partial charge is 0.389 e. The number of unbranched alkanes of at least 4 members (excludes halogenated alkanes) is 1. The second-order valence-corrected chi connectivity index (χ2v) is 4.33. The van der Waals surface area contributed by atoms with Gasteiger partial charge in [-0.15, -0.1) is 11.6 Å². The van der Waals surface area contributed by atoms with E-state index in [-0.39, 0.29) is 6.42 Å². The van der Waals surface area contributed by atoms with Crippen LogP contribution in [0.15, 0.2) is 0 Å². The molecule has 0 bridgehead atoms. The molecular formula is C8H14ClF3S. The predicted molar refractivity (Wildman–Crippen MR) is 52.6 cm³/mol. The van der Waals surface area contributed by atoms with Gasteiger partial charge in [-0.25, -0.2) is 0 Å². The third-order valence-electron chi connectivity index (χ3n) is 1.42. The van der Waals surface area contributed by atoms with Crippen molar-refractivity contribution in [1.29, 1.82) is 0 Å². The molecule has 0 aliphatic rings. The summed E-state index contributed by atoms with van der Waals surface area (Å²) in [5.41, 5.74) is 0. The summed E-state index contributed by atoms with van der Waals surface area (Å²) in [6, 6.07) is 0. The molecule has 0 atom stereocenters. The third kappa shape index (κ3) is 12.4. The number of halogens is 4. The summed E-state index contributed by atoms with van der Waals surface area (Å²) in [5.74, 6) is 2.40. The van der Waals surface area contributed by atoms with Gasteiger partial charge in [0.15, 0.2) is 0 Å². The SMILES string of the molecule is FC(F)(F)CCCCSCCCCl. The van der Waals surface area contributed by atoms with Crippen molar-refractivity contribution in [2.45, 2.75) is 31.9 Å². The minimum absolute atomic E-state index is 0.247. The number of rotatable bonds is 7. The van der Waals surface area contributed by atoms with Gasteiger partial charge in [0.25, 0.3) is 0 Å². The lowest BCUT2D eigenvalue weighted by Crippen LogP contribution is -2.06. The molecule has 0 aromatic rings. The van der Waals surface area contributed by atoms with Crippen LogP contribution in [-0.2, 0) is 0 Å². The fourth-order valence-corrected chi connectivity index (χ4v) is 2.04. The molecule has 0 amide bonds. The summed E-state index contributed by atoms with van der Waals surface area (Å²) < 4.78 is 35.0. The predicted octanol–water partition coefficient (Wildman–Crippen LogP) is 4.08. The van der Waals surface area contributed by atoms with Crippen molar-refractivity contribution in [3.63, 3.8) is 0 Å². The van der Waals surface area contributed by atoms with Crippen molar-refractivity contribution in [2.24, 2.45) is 0 Å². The molecule has 13 heavy (non-hydrogen) atoms. The van der Waals surface area contributed by atoms with Gasteiger partial charge in [0, 0.05) is 12.3 Å². The third-order valence-corrected chi connectivity index (χ3v) is 2.84. The molecule has 0 aromatic heterocycles. The molecule has 0 radical (unpaired) electrons. The second kappa shape index (κ2) is 7.80. The number of alkyl halides is 4. The molecule has 0 saturated carbocycles. The first-order chi connectivity index (χ1) is 6.06. The van der Waals surface area contributed by atoms with Crippen molar-refractivity contribution >= 4 is 23.4 Å². The smallest absolute Gasteiger partial charge is 0.171 e. The van der Waals surface area contributed by atoms with Crippen molar-refractivity contribution in [2.75, 3.05) is 17.4 Å². The highest BCUT2D eigenvalue weighted by Gasteiger charge is 2.25. The van der Waals surface area contributed by atoms with Gasteiger partial charge in [-0.1, -0.05) is 0 Å². The Morgan fingerprint density at radius 3 is 2.15 bits per heavy atom. The average molecular weight is 235 g/mol. The van der Waals surface area contributed by atoms with Gasteiger partial charge >= 0.3 is 6.18 Å². The highest BCUT2D eigenvalue weighted by Crippen LogP contribution is 2.22. The lowest BCUT2D eigenvalue weighted by Gasteiger charge is -2.05. The van der Waals surface area contributed by atoms with Gasteiger partial charge in [-0.05, 0) is 30.8 Å². The molecule has 0 aliphatic carbocycles. The summed E-state index contributed by atoms with van der Waals surface area (Å²) in [7, 11) is 0. The number of thioether (sulfide) groups is 1. The average Bonchev–Trinajstić information content (AvgIpc) is 2.01. The monoisotopic (exact) mass is 234 g/mol. The Labute approximate surface area is 86.2 Å². The minimum Gasteiger partial charge on any atom is -0.171 e. The Hall–Kier alpha value is 0.430. The van der Waals surface area contributed by atoms with Gasteiger partial charge in [0.2, 0.25) is 0 Å². The molecule has 0 rings (SSSR count). The van der Waals surface area contributed by atoms with Crippen LogP contribution in [0.1, 0.15) is 25.7 Å². The first kappa shape index (κ1) is 13.4. The summed E-state index contributed by atoms with van der Waals surface area (Å²) in [6.45, 7) is 0. The normalized spacial score (nSPS) is 12.0. The van der Waals surface area contributed by atoms with Crippen molar-refractivity contribution in [3.05, 3.63) is 0 Å². The lowest BCUT2D eigenvalue weighted by molar-refractivity contribution is -0.135. The zero-order chi connectivity index (χ0) is 10.2. The standard InChI is InChI=1S/C8H14ClF3S/c9-5-3-7-13-6-2-1-4-8(10,11)12/h1-7H2. The maximum absolute atomic E-state index is 11.7. The van der Waals surface area contributed by atoms with E-state index in [1.54, 1.807) is 11.8 Å². The van der Waals surface area contributed by atoms with Crippen LogP contribution in [0.4, 0.5) is 13.2 Å². The maximum atomic E-state index is 11.7. The Morgan fingerprint density at radius 1 is 1.00 bits per heavy atom. The van der Waals surface area contributed by atoms with Crippen LogP contribution >= 0.6 is 23.4 Å².